The largest absolute Gasteiger partial charge is 0.405 e. The second-order valence-electron chi connectivity index (χ2n) is 4.09. The molecule has 1 saturated heterocycles. The van der Waals surface area contributed by atoms with Crippen LogP contribution in [0.5, 0.6) is 0 Å². The highest BCUT2D eigenvalue weighted by Gasteiger charge is 2.41. The van der Waals surface area contributed by atoms with E-state index in [9.17, 15) is 13.2 Å². The molecule has 0 radical (unpaired) electrons. The average molecular weight is 221 g/mol. The molecule has 6 heteroatoms. The highest BCUT2D eigenvalue weighted by Crippen LogP contribution is 2.26. The highest BCUT2D eigenvalue weighted by atomic mass is 19.4. The minimum Gasteiger partial charge on any atom is -0.315 e. The Kier molecular flexibility index (Phi) is 3.58. The smallest absolute Gasteiger partial charge is 0.315 e. The summed E-state index contributed by atoms with van der Waals surface area (Å²) in [6, 6.07) is 1.28. The van der Waals surface area contributed by atoms with Gasteiger partial charge in [0, 0.05) is 18.6 Å². The van der Waals surface area contributed by atoms with Gasteiger partial charge in [-0.05, 0) is 19.9 Å². The molecule has 0 amide bonds. The molecule has 0 aromatic rings. The first-order valence-corrected chi connectivity index (χ1v) is 4.79. The molecular weight excluding hydrogens is 207 g/mol. The van der Waals surface area contributed by atoms with Crippen LogP contribution >= 0.6 is 0 Å². The lowest BCUT2D eigenvalue weighted by molar-refractivity contribution is -0.158. The molecule has 3 nitrogen and oxygen atoms in total. The van der Waals surface area contributed by atoms with E-state index in [-0.39, 0.29) is 12.1 Å². The molecule has 2 atom stereocenters. The van der Waals surface area contributed by atoms with Gasteiger partial charge in [0.25, 0.3) is 0 Å². The standard InChI is InChI=1S/C9H14F3N3/c1-8(2-3-14-6-8)15-5-7(4-13)9(10,11)12/h7,14-15H,2-3,5-6H2,1H3. The van der Waals surface area contributed by atoms with Crippen molar-refractivity contribution in [2.75, 3.05) is 19.6 Å². The summed E-state index contributed by atoms with van der Waals surface area (Å²) in [4.78, 5) is 0. The molecule has 0 aromatic heterocycles. The van der Waals surface area contributed by atoms with Crippen LogP contribution in [0.1, 0.15) is 13.3 Å². The van der Waals surface area contributed by atoms with Gasteiger partial charge in [0.05, 0.1) is 6.07 Å². The van der Waals surface area contributed by atoms with E-state index in [0.717, 1.165) is 13.0 Å². The van der Waals surface area contributed by atoms with Crippen LogP contribution in [0.15, 0.2) is 0 Å². The fourth-order valence-corrected chi connectivity index (χ4v) is 1.55. The van der Waals surface area contributed by atoms with Gasteiger partial charge in [-0.3, -0.25) is 0 Å². The van der Waals surface area contributed by atoms with Crippen LogP contribution in [-0.4, -0.2) is 31.3 Å². The van der Waals surface area contributed by atoms with Gasteiger partial charge >= 0.3 is 6.18 Å². The Hall–Kier alpha value is -0.800. The van der Waals surface area contributed by atoms with Crippen LogP contribution in [0.25, 0.3) is 0 Å². The summed E-state index contributed by atoms with van der Waals surface area (Å²) in [5.74, 6) is -1.92. The summed E-state index contributed by atoms with van der Waals surface area (Å²) < 4.78 is 36.7. The lowest BCUT2D eigenvalue weighted by atomic mass is 10.0. The molecule has 1 aliphatic rings. The molecule has 0 bridgehead atoms. The number of rotatable bonds is 3. The lowest BCUT2D eigenvalue weighted by Crippen LogP contribution is -2.48. The molecule has 1 heterocycles. The van der Waals surface area contributed by atoms with Gasteiger partial charge in [-0.15, -0.1) is 0 Å². The average Bonchev–Trinajstić information content (AvgIpc) is 2.51. The van der Waals surface area contributed by atoms with Crippen molar-refractivity contribution >= 4 is 0 Å². The molecule has 15 heavy (non-hydrogen) atoms. The van der Waals surface area contributed by atoms with Crippen LogP contribution in [0.2, 0.25) is 0 Å². The molecule has 0 aromatic carbocycles. The van der Waals surface area contributed by atoms with Gasteiger partial charge in [-0.1, -0.05) is 0 Å². The van der Waals surface area contributed by atoms with E-state index in [0.29, 0.717) is 6.54 Å². The monoisotopic (exact) mass is 221 g/mol. The highest BCUT2D eigenvalue weighted by molar-refractivity contribution is 4.96. The topological polar surface area (TPSA) is 47.9 Å². The first-order chi connectivity index (χ1) is 6.87. The Bertz CT molecular complexity index is 250. The van der Waals surface area contributed by atoms with E-state index in [2.05, 4.69) is 10.6 Å². The third kappa shape index (κ3) is 3.36. The third-order valence-corrected chi connectivity index (χ3v) is 2.65. The number of alkyl halides is 3. The zero-order chi connectivity index (χ0) is 11.5. The molecule has 1 aliphatic heterocycles. The molecule has 2 unspecified atom stereocenters. The SMILES string of the molecule is CC1(NCC(C#N)C(F)(F)F)CCNC1. The van der Waals surface area contributed by atoms with E-state index < -0.39 is 12.1 Å². The second-order valence-corrected chi connectivity index (χ2v) is 4.09. The quantitative estimate of drug-likeness (QED) is 0.748. The fraction of sp³-hybridized carbons (Fsp3) is 0.889. The van der Waals surface area contributed by atoms with Crippen molar-refractivity contribution in [3.63, 3.8) is 0 Å². The van der Waals surface area contributed by atoms with Gasteiger partial charge in [-0.2, -0.15) is 18.4 Å². The number of halogens is 3. The first kappa shape index (κ1) is 12.3. The molecule has 1 fully saturated rings. The summed E-state index contributed by atoms with van der Waals surface area (Å²) >= 11 is 0. The van der Waals surface area contributed by atoms with Crippen LogP contribution in [0.3, 0.4) is 0 Å². The van der Waals surface area contributed by atoms with Crippen LogP contribution in [0.4, 0.5) is 13.2 Å². The Balaban J connectivity index is 2.45. The number of nitriles is 1. The molecule has 0 spiro atoms. The summed E-state index contributed by atoms with van der Waals surface area (Å²) in [5, 5.41) is 14.3. The normalized spacial score (nSPS) is 28.7. The van der Waals surface area contributed by atoms with Crippen molar-refractivity contribution in [3.8, 4) is 6.07 Å². The minimum atomic E-state index is -4.44. The third-order valence-electron chi connectivity index (χ3n) is 2.65. The Labute approximate surface area is 86.6 Å². The summed E-state index contributed by atoms with van der Waals surface area (Å²) in [6.07, 6.45) is -3.66. The number of hydrogen-bond acceptors (Lipinski definition) is 3. The molecular formula is C9H14F3N3. The van der Waals surface area contributed by atoms with Gasteiger partial charge in [0.2, 0.25) is 0 Å². The van der Waals surface area contributed by atoms with Gasteiger partial charge < -0.3 is 10.6 Å². The zero-order valence-electron chi connectivity index (χ0n) is 8.49. The van der Waals surface area contributed by atoms with E-state index in [1.807, 2.05) is 6.92 Å². The number of nitrogens with zero attached hydrogens (tertiary/aromatic N) is 1. The molecule has 86 valence electrons. The number of nitrogens with one attached hydrogen (secondary N) is 2. The maximum absolute atomic E-state index is 12.2. The van der Waals surface area contributed by atoms with Crippen LogP contribution in [-0.2, 0) is 0 Å². The predicted octanol–water partition coefficient (Wildman–Crippen LogP) is 1.03. The summed E-state index contributed by atoms with van der Waals surface area (Å²) in [6.45, 7) is 2.96. The predicted molar refractivity (Wildman–Crippen MR) is 49.1 cm³/mol. The van der Waals surface area contributed by atoms with E-state index in [4.69, 9.17) is 5.26 Å². The van der Waals surface area contributed by atoms with Crippen molar-refractivity contribution in [1.29, 1.82) is 5.26 Å². The summed E-state index contributed by atoms with van der Waals surface area (Å²) in [7, 11) is 0. The van der Waals surface area contributed by atoms with E-state index >= 15 is 0 Å². The maximum Gasteiger partial charge on any atom is 0.405 e. The van der Waals surface area contributed by atoms with Crippen molar-refractivity contribution in [1.82, 2.24) is 10.6 Å². The summed E-state index contributed by atoms with van der Waals surface area (Å²) in [5.41, 5.74) is -0.319. The van der Waals surface area contributed by atoms with Crippen LogP contribution in [0, 0.1) is 17.2 Å². The maximum atomic E-state index is 12.2. The Morgan fingerprint density at radius 3 is 2.67 bits per heavy atom. The van der Waals surface area contributed by atoms with Gasteiger partial charge in [0.1, 0.15) is 0 Å². The molecule has 2 N–H and O–H groups in total. The van der Waals surface area contributed by atoms with Crippen molar-refractivity contribution < 1.29 is 13.2 Å². The Morgan fingerprint density at radius 2 is 2.27 bits per heavy atom. The van der Waals surface area contributed by atoms with Crippen molar-refractivity contribution in [3.05, 3.63) is 0 Å². The van der Waals surface area contributed by atoms with Gasteiger partial charge in [-0.25, -0.2) is 0 Å². The zero-order valence-corrected chi connectivity index (χ0v) is 8.49. The van der Waals surface area contributed by atoms with Crippen molar-refractivity contribution in [2.45, 2.75) is 25.1 Å². The van der Waals surface area contributed by atoms with Gasteiger partial charge in [0.15, 0.2) is 5.92 Å². The van der Waals surface area contributed by atoms with Crippen LogP contribution < -0.4 is 10.6 Å². The minimum absolute atomic E-state index is 0.319. The molecule has 0 aliphatic carbocycles. The lowest BCUT2D eigenvalue weighted by Gasteiger charge is -2.26. The van der Waals surface area contributed by atoms with Crippen molar-refractivity contribution in [2.24, 2.45) is 5.92 Å². The second kappa shape index (κ2) is 4.37. The molecule has 0 saturated carbocycles. The fourth-order valence-electron chi connectivity index (χ4n) is 1.55. The van der Waals surface area contributed by atoms with E-state index in [1.165, 1.54) is 6.07 Å². The first-order valence-electron chi connectivity index (χ1n) is 4.79. The van der Waals surface area contributed by atoms with E-state index in [1.54, 1.807) is 0 Å². The molecule has 1 rings (SSSR count). The Morgan fingerprint density at radius 1 is 1.60 bits per heavy atom. The number of hydrogen-bond donors (Lipinski definition) is 2.